The SMILES string of the molecule is CNCc1cc(=O)[nH]c(CCOC)n1. The molecule has 0 aliphatic heterocycles. The quantitative estimate of drug-likeness (QED) is 0.678. The maximum atomic E-state index is 11.2. The van der Waals surface area contributed by atoms with E-state index >= 15 is 0 Å². The van der Waals surface area contributed by atoms with Gasteiger partial charge in [0.1, 0.15) is 5.82 Å². The maximum Gasteiger partial charge on any atom is 0.251 e. The van der Waals surface area contributed by atoms with Crippen molar-refractivity contribution >= 4 is 0 Å². The third kappa shape index (κ3) is 3.27. The predicted molar refractivity (Wildman–Crippen MR) is 53.2 cm³/mol. The van der Waals surface area contributed by atoms with Crippen molar-refractivity contribution in [1.82, 2.24) is 15.3 Å². The molecular formula is C9H15N3O2. The average molecular weight is 197 g/mol. The second-order valence-electron chi connectivity index (χ2n) is 2.96. The van der Waals surface area contributed by atoms with Crippen molar-refractivity contribution in [2.75, 3.05) is 20.8 Å². The Hall–Kier alpha value is -1.20. The Labute approximate surface area is 82.5 Å². The first kappa shape index (κ1) is 10.9. The van der Waals surface area contributed by atoms with Gasteiger partial charge in [-0.1, -0.05) is 0 Å². The molecule has 5 nitrogen and oxygen atoms in total. The summed E-state index contributed by atoms with van der Waals surface area (Å²) >= 11 is 0. The highest BCUT2D eigenvalue weighted by atomic mass is 16.5. The van der Waals surface area contributed by atoms with Crippen molar-refractivity contribution in [2.24, 2.45) is 0 Å². The molecule has 0 spiro atoms. The molecule has 0 aliphatic rings. The molecule has 0 radical (unpaired) electrons. The molecule has 2 N–H and O–H groups in total. The molecule has 1 aromatic heterocycles. The van der Waals surface area contributed by atoms with Crippen LogP contribution in [0.25, 0.3) is 0 Å². The standard InChI is InChI=1S/C9H15N3O2/c1-10-6-7-5-9(13)12-8(11-7)3-4-14-2/h5,10H,3-4,6H2,1-2H3,(H,11,12,13). The van der Waals surface area contributed by atoms with Crippen LogP contribution in [0, 0.1) is 0 Å². The first-order valence-corrected chi connectivity index (χ1v) is 4.49. The highest BCUT2D eigenvalue weighted by molar-refractivity contribution is 5.02. The third-order valence-electron chi connectivity index (χ3n) is 1.74. The fraction of sp³-hybridized carbons (Fsp3) is 0.556. The Balaban J connectivity index is 2.78. The van der Waals surface area contributed by atoms with E-state index in [9.17, 15) is 4.79 Å². The van der Waals surface area contributed by atoms with Crippen molar-refractivity contribution in [3.05, 3.63) is 27.9 Å². The lowest BCUT2D eigenvalue weighted by atomic mass is 10.3. The second kappa shape index (κ2) is 5.51. The normalized spacial score (nSPS) is 10.4. The van der Waals surface area contributed by atoms with Crippen molar-refractivity contribution in [3.8, 4) is 0 Å². The lowest BCUT2D eigenvalue weighted by Crippen LogP contribution is -2.17. The molecule has 0 atom stereocenters. The molecule has 0 fully saturated rings. The van der Waals surface area contributed by atoms with Gasteiger partial charge in [-0.15, -0.1) is 0 Å². The zero-order valence-corrected chi connectivity index (χ0v) is 8.46. The van der Waals surface area contributed by atoms with Crippen LogP contribution in [-0.2, 0) is 17.7 Å². The molecule has 1 heterocycles. The van der Waals surface area contributed by atoms with Gasteiger partial charge in [0.25, 0.3) is 5.56 Å². The first-order valence-electron chi connectivity index (χ1n) is 4.49. The van der Waals surface area contributed by atoms with Crippen LogP contribution in [0.2, 0.25) is 0 Å². The van der Waals surface area contributed by atoms with Crippen LogP contribution < -0.4 is 10.9 Å². The topological polar surface area (TPSA) is 67.0 Å². The van der Waals surface area contributed by atoms with E-state index in [1.807, 2.05) is 7.05 Å². The Morgan fingerprint density at radius 3 is 3.07 bits per heavy atom. The highest BCUT2D eigenvalue weighted by Crippen LogP contribution is 1.93. The summed E-state index contributed by atoms with van der Waals surface area (Å²) in [7, 11) is 3.44. The average Bonchev–Trinajstić information content (AvgIpc) is 2.14. The van der Waals surface area contributed by atoms with Crippen LogP contribution in [0.4, 0.5) is 0 Å². The van der Waals surface area contributed by atoms with Gasteiger partial charge in [0.2, 0.25) is 0 Å². The van der Waals surface area contributed by atoms with E-state index in [-0.39, 0.29) is 5.56 Å². The Morgan fingerprint density at radius 2 is 2.43 bits per heavy atom. The Morgan fingerprint density at radius 1 is 1.64 bits per heavy atom. The van der Waals surface area contributed by atoms with E-state index in [0.717, 1.165) is 5.69 Å². The van der Waals surface area contributed by atoms with E-state index in [1.165, 1.54) is 6.07 Å². The number of hydrogen-bond acceptors (Lipinski definition) is 4. The molecule has 1 rings (SSSR count). The Kier molecular flexibility index (Phi) is 4.28. The maximum absolute atomic E-state index is 11.2. The number of nitrogens with one attached hydrogen (secondary N) is 2. The summed E-state index contributed by atoms with van der Waals surface area (Å²) in [6.45, 7) is 1.16. The second-order valence-corrected chi connectivity index (χ2v) is 2.96. The molecule has 0 unspecified atom stereocenters. The zero-order valence-electron chi connectivity index (χ0n) is 8.46. The molecule has 5 heteroatoms. The fourth-order valence-electron chi connectivity index (χ4n) is 1.15. The fourth-order valence-corrected chi connectivity index (χ4v) is 1.15. The molecule has 0 saturated heterocycles. The first-order chi connectivity index (χ1) is 6.76. The monoisotopic (exact) mass is 197 g/mol. The molecule has 0 bridgehead atoms. The van der Waals surface area contributed by atoms with Gasteiger partial charge in [-0.05, 0) is 7.05 Å². The van der Waals surface area contributed by atoms with Gasteiger partial charge in [-0.3, -0.25) is 4.79 Å². The number of rotatable bonds is 5. The molecule has 0 aliphatic carbocycles. The number of aromatic nitrogens is 2. The van der Waals surface area contributed by atoms with Crippen LogP contribution in [0.3, 0.4) is 0 Å². The molecular weight excluding hydrogens is 182 g/mol. The third-order valence-corrected chi connectivity index (χ3v) is 1.74. The van der Waals surface area contributed by atoms with E-state index < -0.39 is 0 Å². The van der Waals surface area contributed by atoms with E-state index in [1.54, 1.807) is 7.11 Å². The molecule has 1 aromatic rings. The summed E-state index contributed by atoms with van der Waals surface area (Å²) in [6, 6.07) is 1.49. The molecule has 0 saturated carbocycles. The number of nitrogens with zero attached hydrogens (tertiary/aromatic N) is 1. The van der Waals surface area contributed by atoms with Crippen molar-refractivity contribution < 1.29 is 4.74 Å². The van der Waals surface area contributed by atoms with Crippen LogP contribution >= 0.6 is 0 Å². The zero-order chi connectivity index (χ0) is 10.4. The molecule has 14 heavy (non-hydrogen) atoms. The summed E-state index contributed by atoms with van der Waals surface area (Å²) in [4.78, 5) is 18.1. The van der Waals surface area contributed by atoms with Crippen LogP contribution in [0.5, 0.6) is 0 Å². The number of H-pyrrole nitrogens is 1. The minimum atomic E-state index is -0.114. The molecule has 78 valence electrons. The highest BCUT2D eigenvalue weighted by Gasteiger charge is 2.00. The molecule has 0 aromatic carbocycles. The van der Waals surface area contributed by atoms with Gasteiger partial charge in [0, 0.05) is 26.1 Å². The van der Waals surface area contributed by atoms with Gasteiger partial charge in [0.05, 0.1) is 12.3 Å². The van der Waals surface area contributed by atoms with Crippen molar-refractivity contribution in [3.63, 3.8) is 0 Å². The van der Waals surface area contributed by atoms with Gasteiger partial charge in [-0.2, -0.15) is 0 Å². The van der Waals surface area contributed by atoms with Crippen LogP contribution in [-0.4, -0.2) is 30.7 Å². The summed E-state index contributed by atoms with van der Waals surface area (Å²) < 4.78 is 4.91. The Bertz CT molecular complexity index is 335. The lowest BCUT2D eigenvalue weighted by Gasteiger charge is -2.02. The van der Waals surface area contributed by atoms with Crippen LogP contribution in [0.1, 0.15) is 11.5 Å². The lowest BCUT2D eigenvalue weighted by molar-refractivity contribution is 0.200. The van der Waals surface area contributed by atoms with Gasteiger partial charge in [0.15, 0.2) is 0 Å². The van der Waals surface area contributed by atoms with E-state index in [4.69, 9.17) is 4.74 Å². The minimum absolute atomic E-state index is 0.114. The smallest absolute Gasteiger partial charge is 0.251 e. The number of hydrogen-bond donors (Lipinski definition) is 2. The number of aromatic amines is 1. The summed E-state index contributed by atoms with van der Waals surface area (Å²) in [6.07, 6.45) is 0.628. The van der Waals surface area contributed by atoms with Gasteiger partial charge < -0.3 is 15.0 Å². The number of methoxy groups -OCH3 is 1. The van der Waals surface area contributed by atoms with Gasteiger partial charge >= 0.3 is 0 Å². The van der Waals surface area contributed by atoms with Crippen molar-refractivity contribution in [2.45, 2.75) is 13.0 Å². The molecule has 0 amide bonds. The number of ether oxygens (including phenoxy) is 1. The summed E-state index contributed by atoms with van der Waals surface area (Å²) in [5.41, 5.74) is 0.638. The van der Waals surface area contributed by atoms with Crippen molar-refractivity contribution in [1.29, 1.82) is 0 Å². The summed E-state index contributed by atoms with van der Waals surface area (Å²) in [5, 5.41) is 2.95. The largest absolute Gasteiger partial charge is 0.384 e. The van der Waals surface area contributed by atoms with E-state index in [2.05, 4.69) is 15.3 Å². The van der Waals surface area contributed by atoms with Crippen LogP contribution in [0.15, 0.2) is 10.9 Å². The van der Waals surface area contributed by atoms with E-state index in [0.29, 0.717) is 25.4 Å². The predicted octanol–water partition coefficient (Wildman–Crippen LogP) is -0.322. The van der Waals surface area contributed by atoms with Gasteiger partial charge in [-0.25, -0.2) is 4.98 Å². The minimum Gasteiger partial charge on any atom is -0.384 e. The summed E-state index contributed by atoms with van der Waals surface area (Å²) in [5.74, 6) is 0.671.